The van der Waals surface area contributed by atoms with Gasteiger partial charge in [0.05, 0.1) is 5.33 Å². The molecule has 2 unspecified atom stereocenters. The third-order valence-corrected chi connectivity index (χ3v) is 6.09. The van der Waals surface area contributed by atoms with Gasteiger partial charge in [0.2, 0.25) is 0 Å². The zero-order chi connectivity index (χ0) is 12.3. The molecule has 0 radical (unpaired) electrons. The number of carbonyl (C=O) groups is 1. The van der Waals surface area contributed by atoms with Crippen molar-refractivity contribution < 1.29 is 4.79 Å². The highest BCUT2D eigenvalue weighted by atomic mass is 79.9. The van der Waals surface area contributed by atoms with Gasteiger partial charge >= 0.3 is 0 Å². The summed E-state index contributed by atoms with van der Waals surface area (Å²) in [5.41, 5.74) is 1.45. The lowest BCUT2D eigenvalue weighted by molar-refractivity contribution is -0.154. The molecule has 4 aliphatic rings. The minimum absolute atomic E-state index is 0.369. The molecule has 0 saturated heterocycles. The van der Waals surface area contributed by atoms with Gasteiger partial charge in [0.15, 0.2) is 0 Å². The molecule has 17 heavy (non-hydrogen) atoms. The van der Waals surface area contributed by atoms with Gasteiger partial charge in [-0.3, -0.25) is 4.79 Å². The van der Waals surface area contributed by atoms with Crippen molar-refractivity contribution in [1.29, 1.82) is 0 Å². The van der Waals surface area contributed by atoms with E-state index in [2.05, 4.69) is 29.8 Å². The number of rotatable bonds is 3. The molecule has 4 aliphatic carbocycles. The number of carbonyl (C=O) groups excluding carboxylic acids is 1. The topological polar surface area (TPSA) is 17.1 Å². The highest BCUT2D eigenvalue weighted by Crippen LogP contribution is 2.70. The van der Waals surface area contributed by atoms with Gasteiger partial charge in [-0.25, -0.2) is 0 Å². The molecule has 4 bridgehead atoms. The van der Waals surface area contributed by atoms with E-state index in [0.29, 0.717) is 27.4 Å². The van der Waals surface area contributed by atoms with Crippen LogP contribution in [0.15, 0.2) is 0 Å². The fourth-order valence-corrected chi connectivity index (χ4v) is 6.55. The molecule has 0 aliphatic heterocycles. The second-order valence-corrected chi connectivity index (χ2v) is 8.54. The number of Topliss-reactive ketones (excluding diaryl/α,β-unsaturated/α-hetero) is 1. The third kappa shape index (κ3) is 2.01. The van der Waals surface area contributed by atoms with Crippen molar-refractivity contribution in [2.45, 2.75) is 58.8 Å². The number of hydrogen-bond donors (Lipinski definition) is 0. The second-order valence-electron chi connectivity index (χ2n) is 7.98. The summed E-state index contributed by atoms with van der Waals surface area (Å²) < 4.78 is 0. The van der Waals surface area contributed by atoms with Crippen LogP contribution in [0.3, 0.4) is 0 Å². The predicted molar refractivity (Wildman–Crippen MR) is 73.3 cm³/mol. The van der Waals surface area contributed by atoms with Crippen LogP contribution >= 0.6 is 15.9 Å². The van der Waals surface area contributed by atoms with Gasteiger partial charge < -0.3 is 0 Å². The summed E-state index contributed by atoms with van der Waals surface area (Å²) in [6.07, 6.45) is 9.03. The SMILES string of the molecule is CC12CC3CC(C)(C1)CC(CC(=O)CBr)(C3)C2. The molecule has 2 atom stereocenters. The first-order valence-corrected chi connectivity index (χ1v) is 8.06. The maximum Gasteiger partial charge on any atom is 0.143 e. The lowest BCUT2D eigenvalue weighted by Gasteiger charge is -2.65. The maximum atomic E-state index is 11.9. The van der Waals surface area contributed by atoms with Crippen molar-refractivity contribution in [3.05, 3.63) is 0 Å². The molecule has 2 heteroatoms. The molecule has 0 amide bonds. The average molecular weight is 299 g/mol. The minimum Gasteiger partial charge on any atom is -0.299 e. The van der Waals surface area contributed by atoms with Crippen LogP contribution in [0.4, 0.5) is 0 Å². The number of ketones is 1. The lowest BCUT2D eigenvalue weighted by Crippen LogP contribution is -2.55. The van der Waals surface area contributed by atoms with Gasteiger partial charge in [-0.05, 0) is 60.7 Å². The number of halogens is 1. The van der Waals surface area contributed by atoms with E-state index in [-0.39, 0.29) is 0 Å². The first kappa shape index (κ1) is 12.2. The Hall–Kier alpha value is 0.150. The van der Waals surface area contributed by atoms with Gasteiger partial charge in [-0.2, -0.15) is 0 Å². The molecule has 0 aromatic heterocycles. The molecule has 1 nitrogen and oxygen atoms in total. The van der Waals surface area contributed by atoms with Crippen molar-refractivity contribution in [3.8, 4) is 0 Å². The van der Waals surface area contributed by atoms with E-state index in [4.69, 9.17) is 0 Å². The molecule has 0 aromatic rings. The van der Waals surface area contributed by atoms with Crippen molar-refractivity contribution in [2.24, 2.45) is 22.2 Å². The fourth-order valence-electron chi connectivity index (χ4n) is 6.35. The molecule has 4 fully saturated rings. The Bertz CT molecular complexity index is 344. The molecule has 0 aromatic carbocycles. The standard InChI is InChI=1S/C15H23BrO/c1-13-3-11-4-14(2,8-13)10-15(5-11,9-13)6-12(17)7-16/h11H,3-10H2,1-2H3. The summed E-state index contributed by atoms with van der Waals surface area (Å²) in [4.78, 5) is 11.9. The van der Waals surface area contributed by atoms with Crippen LogP contribution in [-0.2, 0) is 4.79 Å². The van der Waals surface area contributed by atoms with Gasteiger partial charge in [0, 0.05) is 6.42 Å². The van der Waals surface area contributed by atoms with Crippen LogP contribution in [0.2, 0.25) is 0 Å². The van der Waals surface area contributed by atoms with Crippen LogP contribution in [0.25, 0.3) is 0 Å². The zero-order valence-corrected chi connectivity index (χ0v) is 12.6. The summed E-state index contributed by atoms with van der Waals surface area (Å²) in [5.74, 6) is 1.32. The van der Waals surface area contributed by atoms with Gasteiger partial charge in [-0.15, -0.1) is 0 Å². The van der Waals surface area contributed by atoms with Crippen molar-refractivity contribution in [1.82, 2.24) is 0 Å². The molecule has 4 saturated carbocycles. The normalized spacial score (nSPS) is 51.8. The molecule has 4 rings (SSSR count). The van der Waals surface area contributed by atoms with E-state index >= 15 is 0 Å². The molecular formula is C15H23BrO. The Morgan fingerprint density at radius 2 is 1.71 bits per heavy atom. The highest BCUT2D eigenvalue weighted by molar-refractivity contribution is 9.09. The summed E-state index contributed by atoms with van der Waals surface area (Å²) in [6.45, 7) is 4.95. The Labute approximate surface area is 113 Å². The summed E-state index contributed by atoms with van der Waals surface area (Å²) in [7, 11) is 0. The van der Waals surface area contributed by atoms with Crippen LogP contribution in [0, 0.1) is 22.2 Å². The lowest BCUT2D eigenvalue weighted by atomic mass is 9.40. The molecule has 0 heterocycles. The number of hydrogen-bond acceptors (Lipinski definition) is 1. The van der Waals surface area contributed by atoms with E-state index < -0.39 is 0 Å². The van der Waals surface area contributed by atoms with E-state index in [0.717, 1.165) is 12.3 Å². The van der Waals surface area contributed by atoms with E-state index in [1.807, 2.05) is 0 Å². The van der Waals surface area contributed by atoms with Crippen molar-refractivity contribution >= 4 is 21.7 Å². The third-order valence-electron chi connectivity index (χ3n) is 5.46. The molecule has 0 N–H and O–H groups in total. The van der Waals surface area contributed by atoms with E-state index in [1.165, 1.54) is 38.5 Å². The van der Waals surface area contributed by atoms with Crippen LogP contribution in [0.5, 0.6) is 0 Å². The first-order chi connectivity index (χ1) is 7.86. The first-order valence-electron chi connectivity index (χ1n) is 6.94. The van der Waals surface area contributed by atoms with Gasteiger partial charge in [0.25, 0.3) is 0 Å². The zero-order valence-electron chi connectivity index (χ0n) is 11.0. The largest absolute Gasteiger partial charge is 0.299 e. The molecular weight excluding hydrogens is 276 g/mol. The number of alkyl halides is 1. The minimum atomic E-state index is 0.369. The van der Waals surface area contributed by atoms with Crippen molar-refractivity contribution in [3.63, 3.8) is 0 Å². The fraction of sp³-hybridized carbons (Fsp3) is 0.933. The Balaban J connectivity index is 1.89. The van der Waals surface area contributed by atoms with Crippen LogP contribution < -0.4 is 0 Å². The summed E-state index contributed by atoms with van der Waals surface area (Å²) in [6, 6.07) is 0. The maximum absolute atomic E-state index is 11.9. The van der Waals surface area contributed by atoms with Crippen molar-refractivity contribution in [2.75, 3.05) is 5.33 Å². The van der Waals surface area contributed by atoms with E-state index in [1.54, 1.807) is 0 Å². The quantitative estimate of drug-likeness (QED) is 0.709. The summed E-state index contributed by atoms with van der Waals surface area (Å²) >= 11 is 3.33. The monoisotopic (exact) mass is 298 g/mol. The van der Waals surface area contributed by atoms with Gasteiger partial charge in [0.1, 0.15) is 5.78 Å². The van der Waals surface area contributed by atoms with Crippen LogP contribution in [-0.4, -0.2) is 11.1 Å². The highest BCUT2D eigenvalue weighted by Gasteiger charge is 2.60. The molecule has 0 spiro atoms. The Morgan fingerprint density at radius 3 is 2.18 bits per heavy atom. The summed E-state index contributed by atoms with van der Waals surface area (Å²) in [5, 5.41) is 0.548. The molecule has 96 valence electrons. The Morgan fingerprint density at radius 1 is 1.12 bits per heavy atom. The smallest absolute Gasteiger partial charge is 0.143 e. The predicted octanol–water partition coefficient (Wildman–Crippen LogP) is 4.34. The van der Waals surface area contributed by atoms with E-state index in [9.17, 15) is 4.79 Å². The Kier molecular flexibility index (Phi) is 2.57. The second kappa shape index (κ2) is 3.59. The van der Waals surface area contributed by atoms with Gasteiger partial charge in [-0.1, -0.05) is 29.8 Å². The van der Waals surface area contributed by atoms with Crippen LogP contribution in [0.1, 0.15) is 58.8 Å². The average Bonchev–Trinajstić information content (AvgIpc) is 2.10.